The van der Waals surface area contributed by atoms with E-state index in [4.69, 9.17) is 4.74 Å². The zero-order chi connectivity index (χ0) is 22.5. The van der Waals surface area contributed by atoms with Crippen molar-refractivity contribution in [2.24, 2.45) is 0 Å². The number of benzene rings is 3. The van der Waals surface area contributed by atoms with Gasteiger partial charge in [-0.05, 0) is 48.5 Å². The summed E-state index contributed by atoms with van der Waals surface area (Å²) in [5.74, 6) is 0.172. The molecule has 0 fully saturated rings. The first kappa shape index (κ1) is 21.6. The monoisotopic (exact) mass is 429 g/mol. The number of nitrogens with zero attached hydrogens (tertiary/aromatic N) is 2. The van der Waals surface area contributed by atoms with E-state index in [0.29, 0.717) is 18.0 Å². The minimum atomic E-state index is -0.225. The summed E-state index contributed by atoms with van der Waals surface area (Å²) in [6.45, 7) is 1.17. The van der Waals surface area contributed by atoms with Gasteiger partial charge in [0.1, 0.15) is 12.3 Å². The molecule has 0 aromatic heterocycles. The fourth-order valence-corrected chi connectivity index (χ4v) is 3.83. The van der Waals surface area contributed by atoms with Crippen molar-refractivity contribution in [3.8, 4) is 16.9 Å². The molecule has 1 aliphatic rings. The van der Waals surface area contributed by atoms with E-state index in [1.807, 2.05) is 30.3 Å². The summed E-state index contributed by atoms with van der Waals surface area (Å²) >= 11 is 0. The molecule has 3 aromatic rings. The van der Waals surface area contributed by atoms with Crippen LogP contribution in [0.3, 0.4) is 0 Å². The topological polar surface area (TPSA) is 61.9 Å². The van der Waals surface area contributed by atoms with Gasteiger partial charge in [-0.1, -0.05) is 60.7 Å². The van der Waals surface area contributed by atoms with Crippen LogP contribution in [0.2, 0.25) is 0 Å². The van der Waals surface area contributed by atoms with Gasteiger partial charge in [0.2, 0.25) is 5.91 Å². The zero-order valence-corrected chi connectivity index (χ0v) is 18.4. The molecular formula is C26H27N3O3. The third kappa shape index (κ3) is 4.98. The molecule has 1 aliphatic heterocycles. The molecule has 164 valence electrons. The highest BCUT2D eigenvalue weighted by atomic mass is 16.5. The molecule has 1 heterocycles. The zero-order valence-electron chi connectivity index (χ0n) is 18.4. The molecule has 0 saturated heterocycles. The van der Waals surface area contributed by atoms with E-state index in [9.17, 15) is 9.59 Å². The summed E-state index contributed by atoms with van der Waals surface area (Å²) in [6, 6.07) is 23.8. The highest BCUT2D eigenvalue weighted by Gasteiger charge is 2.26. The molecule has 3 aromatic carbocycles. The van der Waals surface area contributed by atoms with Crippen LogP contribution in [0.15, 0.2) is 72.8 Å². The standard InChI is InChI=1S/C26H27N3O3/c1-28(2)16-19-11-13-20(14-12-19)22-8-4-3-7-21(22)15-27-25(30)17-29-23-9-5-6-10-24(23)32-18-26(29)31/h3-14H,15-18H2,1-2H3,(H,27,30). The number of hydrogen-bond donors (Lipinski definition) is 1. The summed E-state index contributed by atoms with van der Waals surface area (Å²) < 4.78 is 5.45. The van der Waals surface area contributed by atoms with E-state index >= 15 is 0 Å². The number of anilines is 1. The fraction of sp³-hybridized carbons (Fsp3) is 0.231. The normalized spacial score (nSPS) is 13.0. The molecule has 0 radical (unpaired) electrons. The summed E-state index contributed by atoms with van der Waals surface area (Å²) in [6.07, 6.45) is 0. The van der Waals surface area contributed by atoms with E-state index in [1.165, 1.54) is 10.5 Å². The summed E-state index contributed by atoms with van der Waals surface area (Å²) in [5, 5.41) is 2.96. The van der Waals surface area contributed by atoms with E-state index < -0.39 is 0 Å². The van der Waals surface area contributed by atoms with Gasteiger partial charge in [0, 0.05) is 13.1 Å². The fourth-order valence-electron chi connectivity index (χ4n) is 3.83. The van der Waals surface area contributed by atoms with Crippen LogP contribution < -0.4 is 15.0 Å². The second-order valence-electron chi connectivity index (χ2n) is 8.10. The molecule has 4 rings (SSSR count). The van der Waals surface area contributed by atoms with Gasteiger partial charge in [0.25, 0.3) is 5.91 Å². The van der Waals surface area contributed by atoms with Gasteiger partial charge in [-0.3, -0.25) is 14.5 Å². The van der Waals surface area contributed by atoms with Crippen molar-refractivity contribution in [2.45, 2.75) is 13.1 Å². The van der Waals surface area contributed by atoms with Crippen LogP contribution in [0.4, 0.5) is 5.69 Å². The molecule has 0 atom stereocenters. The lowest BCUT2D eigenvalue weighted by atomic mass is 9.98. The first-order valence-corrected chi connectivity index (χ1v) is 10.6. The molecule has 2 amide bonds. The average Bonchev–Trinajstić information content (AvgIpc) is 2.80. The van der Waals surface area contributed by atoms with E-state index in [0.717, 1.165) is 23.2 Å². The number of para-hydroxylation sites is 2. The molecule has 1 N–H and O–H groups in total. The molecule has 32 heavy (non-hydrogen) atoms. The quantitative estimate of drug-likeness (QED) is 0.625. The predicted molar refractivity (Wildman–Crippen MR) is 125 cm³/mol. The maximum Gasteiger partial charge on any atom is 0.265 e. The van der Waals surface area contributed by atoms with E-state index in [-0.39, 0.29) is 25.0 Å². The number of nitrogens with one attached hydrogen (secondary N) is 1. The van der Waals surface area contributed by atoms with Crippen molar-refractivity contribution in [2.75, 3.05) is 32.1 Å². The molecule has 0 unspecified atom stereocenters. The second kappa shape index (κ2) is 9.66. The number of carbonyl (C=O) groups is 2. The van der Waals surface area contributed by atoms with Crippen LogP contribution in [0.1, 0.15) is 11.1 Å². The second-order valence-corrected chi connectivity index (χ2v) is 8.10. The summed E-state index contributed by atoms with van der Waals surface area (Å²) in [4.78, 5) is 28.6. The minimum Gasteiger partial charge on any atom is -0.482 e. The smallest absolute Gasteiger partial charge is 0.265 e. The largest absolute Gasteiger partial charge is 0.482 e. The van der Waals surface area contributed by atoms with Crippen LogP contribution in [-0.2, 0) is 22.7 Å². The van der Waals surface area contributed by atoms with Gasteiger partial charge in [-0.15, -0.1) is 0 Å². The Bertz CT molecular complexity index is 1110. The van der Waals surface area contributed by atoms with Crippen LogP contribution >= 0.6 is 0 Å². The SMILES string of the molecule is CN(C)Cc1ccc(-c2ccccc2CNC(=O)CN2C(=O)COc3ccccc32)cc1. The Balaban J connectivity index is 1.44. The highest BCUT2D eigenvalue weighted by Crippen LogP contribution is 2.31. The van der Waals surface area contributed by atoms with E-state index in [2.05, 4.69) is 54.6 Å². The van der Waals surface area contributed by atoms with Crippen molar-refractivity contribution in [3.05, 3.63) is 83.9 Å². The maximum absolute atomic E-state index is 12.7. The highest BCUT2D eigenvalue weighted by molar-refractivity contribution is 6.02. The molecule has 0 aliphatic carbocycles. The Morgan fingerprint density at radius 1 is 1.00 bits per heavy atom. The van der Waals surface area contributed by atoms with Gasteiger partial charge in [-0.2, -0.15) is 0 Å². The molecule has 0 spiro atoms. The van der Waals surface area contributed by atoms with Crippen LogP contribution in [-0.4, -0.2) is 44.0 Å². The number of amides is 2. The predicted octanol–water partition coefficient (Wildman–Crippen LogP) is 3.46. The summed E-state index contributed by atoms with van der Waals surface area (Å²) in [5.41, 5.74) is 5.08. The lowest BCUT2D eigenvalue weighted by molar-refractivity contribution is -0.125. The Kier molecular flexibility index (Phi) is 6.52. The van der Waals surface area contributed by atoms with Gasteiger partial charge in [-0.25, -0.2) is 0 Å². The molecule has 6 heteroatoms. The minimum absolute atomic E-state index is 0.0411. The molecule has 0 bridgehead atoms. The third-order valence-corrected chi connectivity index (χ3v) is 5.37. The van der Waals surface area contributed by atoms with Gasteiger partial charge in [0.15, 0.2) is 6.61 Å². The molecule has 6 nitrogen and oxygen atoms in total. The lowest BCUT2D eigenvalue weighted by Crippen LogP contribution is -2.45. The molecular weight excluding hydrogens is 402 g/mol. The first-order chi connectivity index (χ1) is 15.5. The van der Waals surface area contributed by atoms with Crippen molar-refractivity contribution >= 4 is 17.5 Å². The Morgan fingerprint density at radius 2 is 1.72 bits per heavy atom. The number of carbonyl (C=O) groups excluding carboxylic acids is 2. The average molecular weight is 430 g/mol. The van der Waals surface area contributed by atoms with Gasteiger partial charge in [0.05, 0.1) is 5.69 Å². The van der Waals surface area contributed by atoms with Crippen molar-refractivity contribution in [1.82, 2.24) is 10.2 Å². The summed E-state index contributed by atoms with van der Waals surface area (Å²) in [7, 11) is 4.10. The van der Waals surface area contributed by atoms with Crippen molar-refractivity contribution < 1.29 is 14.3 Å². The van der Waals surface area contributed by atoms with Crippen molar-refractivity contribution in [3.63, 3.8) is 0 Å². The number of rotatable bonds is 7. The number of ether oxygens (including phenoxy) is 1. The van der Waals surface area contributed by atoms with E-state index in [1.54, 1.807) is 12.1 Å². The maximum atomic E-state index is 12.7. The first-order valence-electron chi connectivity index (χ1n) is 10.6. The van der Waals surface area contributed by atoms with Crippen LogP contribution in [0, 0.1) is 0 Å². The van der Waals surface area contributed by atoms with Gasteiger partial charge >= 0.3 is 0 Å². The third-order valence-electron chi connectivity index (χ3n) is 5.37. The Labute approximate surface area is 188 Å². The Hall–Kier alpha value is -3.64. The number of fused-ring (bicyclic) bond motifs is 1. The lowest BCUT2D eigenvalue weighted by Gasteiger charge is -2.28. The van der Waals surface area contributed by atoms with Crippen LogP contribution in [0.25, 0.3) is 11.1 Å². The number of hydrogen-bond acceptors (Lipinski definition) is 4. The van der Waals surface area contributed by atoms with Crippen LogP contribution in [0.5, 0.6) is 5.75 Å². The molecule has 0 saturated carbocycles. The van der Waals surface area contributed by atoms with Gasteiger partial charge < -0.3 is 15.0 Å². The Morgan fingerprint density at radius 3 is 2.50 bits per heavy atom. The van der Waals surface area contributed by atoms with Crippen molar-refractivity contribution in [1.29, 1.82) is 0 Å².